The van der Waals surface area contributed by atoms with Crippen LogP contribution in [0.5, 0.6) is 5.75 Å². The molecule has 2 heterocycles. The van der Waals surface area contributed by atoms with E-state index in [2.05, 4.69) is 10.00 Å². The lowest BCUT2D eigenvalue weighted by Gasteiger charge is -2.32. The van der Waals surface area contributed by atoms with Gasteiger partial charge in [0.25, 0.3) is 0 Å². The van der Waals surface area contributed by atoms with E-state index in [1.54, 1.807) is 16.8 Å². The Morgan fingerprint density at radius 3 is 2.83 bits per heavy atom. The van der Waals surface area contributed by atoms with Gasteiger partial charge in [0.05, 0.1) is 18.8 Å². The second-order valence-corrected chi connectivity index (χ2v) is 6.28. The minimum absolute atomic E-state index is 0.101. The molecular formula is C18H24FN3O2. The molecule has 0 atom stereocenters. The summed E-state index contributed by atoms with van der Waals surface area (Å²) in [6.07, 6.45) is 4.02. The van der Waals surface area contributed by atoms with E-state index < -0.39 is 0 Å². The fourth-order valence-electron chi connectivity index (χ4n) is 3.09. The number of ether oxygens (including phenoxy) is 1. The molecule has 24 heavy (non-hydrogen) atoms. The van der Waals surface area contributed by atoms with Crippen LogP contribution in [0.4, 0.5) is 4.39 Å². The summed E-state index contributed by atoms with van der Waals surface area (Å²) in [6.45, 7) is 5.40. The summed E-state index contributed by atoms with van der Waals surface area (Å²) in [5.74, 6) is 0.342. The van der Waals surface area contributed by atoms with E-state index in [4.69, 9.17) is 9.84 Å². The summed E-state index contributed by atoms with van der Waals surface area (Å²) in [6, 6.07) is 6.33. The third kappa shape index (κ3) is 4.33. The zero-order valence-electron chi connectivity index (χ0n) is 14.0. The molecule has 0 radical (unpaired) electrons. The summed E-state index contributed by atoms with van der Waals surface area (Å²) in [7, 11) is 0. The molecule has 130 valence electrons. The van der Waals surface area contributed by atoms with Gasteiger partial charge in [-0.25, -0.2) is 4.39 Å². The fourth-order valence-corrected chi connectivity index (χ4v) is 3.09. The number of piperidine rings is 1. The molecule has 0 bridgehead atoms. The van der Waals surface area contributed by atoms with E-state index in [1.807, 2.05) is 13.1 Å². The Labute approximate surface area is 141 Å². The van der Waals surface area contributed by atoms with Crippen LogP contribution in [0, 0.1) is 12.7 Å². The molecule has 1 saturated heterocycles. The highest BCUT2D eigenvalue weighted by molar-refractivity contribution is 5.22. The highest BCUT2D eigenvalue weighted by atomic mass is 19.1. The van der Waals surface area contributed by atoms with Crippen molar-refractivity contribution in [1.29, 1.82) is 0 Å². The van der Waals surface area contributed by atoms with Crippen molar-refractivity contribution in [3.05, 3.63) is 47.5 Å². The number of nitrogens with zero attached hydrogens (tertiary/aromatic N) is 3. The Hall–Kier alpha value is -1.92. The van der Waals surface area contributed by atoms with Crippen LogP contribution < -0.4 is 4.74 Å². The second-order valence-electron chi connectivity index (χ2n) is 6.28. The number of benzene rings is 1. The van der Waals surface area contributed by atoms with Gasteiger partial charge in [0, 0.05) is 37.5 Å². The lowest BCUT2D eigenvalue weighted by Crippen LogP contribution is -2.37. The molecule has 1 fully saturated rings. The zero-order valence-corrected chi connectivity index (χ0v) is 14.0. The van der Waals surface area contributed by atoms with Gasteiger partial charge in [-0.2, -0.15) is 5.10 Å². The first-order valence-electron chi connectivity index (χ1n) is 8.42. The lowest BCUT2D eigenvalue weighted by atomic mass is 10.1. The Bertz CT molecular complexity index is 666. The van der Waals surface area contributed by atoms with Gasteiger partial charge in [-0.3, -0.25) is 9.58 Å². The Morgan fingerprint density at radius 1 is 1.33 bits per heavy atom. The molecule has 0 spiro atoms. The van der Waals surface area contributed by atoms with Crippen molar-refractivity contribution in [3.8, 4) is 5.75 Å². The average molecular weight is 333 g/mol. The minimum Gasteiger partial charge on any atom is -0.490 e. The van der Waals surface area contributed by atoms with Gasteiger partial charge in [0.2, 0.25) is 0 Å². The molecule has 0 saturated carbocycles. The van der Waals surface area contributed by atoms with E-state index in [-0.39, 0.29) is 18.5 Å². The van der Waals surface area contributed by atoms with E-state index in [0.29, 0.717) is 12.3 Å². The SMILES string of the molecule is Cc1nn(CCO)cc1CN1CCC(Oc2cccc(F)c2)CC1. The predicted molar refractivity (Wildman–Crippen MR) is 89.4 cm³/mol. The normalized spacial score (nSPS) is 16.5. The third-order valence-corrected chi connectivity index (χ3v) is 4.40. The minimum atomic E-state index is -0.264. The van der Waals surface area contributed by atoms with Gasteiger partial charge in [-0.15, -0.1) is 0 Å². The summed E-state index contributed by atoms with van der Waals surface area (Å²) in [5.41, 5.74) is 2.22. The zero-order chi connectivity index (χ0) is 16.9. The highest BCUT2D eigenvalue weighted by Gasteiger charge is 2.21. The van der Waals surface area contributed by atoms with Gasteiger partial charge < -0.3 is 9.84 Å². The highest BCUT2D eigenvalue weighted by Crippen LogP contribution is 2.21. The second kappa shape index (κ2) is 7.77. The van der Waals surface area contributed by atoms with E-state index in [9.17, 15) is 4.39 Å². The molecule has 1 aliphatic rings. The first-order chi connectivity index (χ1) is 11.6. The smallest absolute Gasteiger partial charge is 0.126 e. The van der Waals surface area contributed by atoms with Gasteiger partial charge in [0.1, 0.15) is 17.7 Å². The van der Waals surface area contributed by atoms with Crippen LogP contribution >= 0.6 is 0 Å². The molecule has 1 aliphatic heterocycles. The molecule has 5 nitrogen and oxygen atoms in total. The van der Waals surface area contributed by atoms with Crippen LogP contribution in [-0.2, 0) is 13.1 Å². The van der Waals surface area contributed by atoms with Gasteiger partial charge >= 0.3 is 0 Å². The topological polar surface area (TPSA) is 50.5 Å². The predicted octanol–water partition coefficient (Wildman–Crippen LogP) is 2.37. The monoisotopic (exact) mass is 333 g/mol. The number of aromatic nitrogens is 2. The van der Waals surface area contributed by atoms with Gasteiger partial charge in [0.15, 0.2) is 0 Å². The summed E-state index contributed by atoms with van der Waals surface area (Å²) in [5, 5.41) is 13.4. The van der Waals surface area contributed by atoms with Crippen molar-refractivity contribution in [1.82, 2.24) is 14.7 Å². The van der Waals surface area contributed by atoms with Crippen LogP contribution in [-0.4, -0.2) is 45.6 Å². The number of aliphatic hydroxyl groups is 1. The van der Waals surface area contributed by atoms with Crippen LogP contribution in [0.3, 0.4) is 0 Å². The van der Waals surface area contributed by atoms with Crippen molar-refractivity contribution in [2.45, 2.75) is 39.0 Å². The van der Waals surface area contributed by atoms with Crippen LogP contribution in [0.15, 0.2) is 30.5 Å². The first kappa shape index (κ1) is 16.9. The number of aliphatic hydroxyl groups excluding tert-OH is 1. The molecule has 1 aromatic carbocycles. The molecule has 0 aliphatic carbocycles. The van der Waals surface area contributed by atoms with E-state index >= 15 is 0 Å². The quantitative estimate of drug-likeness (QED) is 0.882. The Morgan fingerprint density at radius 2 is 2.12 bits per heavy atom. The summed E-state index contributed by atoms with van der Waals surface area (Å²) < 4.78 is 20.9. The molecule has 1 aromatic heterocycles. The van der Waals surface area contributed by atoms with Crippen molar-refractivity contribution in [2.75, 3.05) is 19.7 Å². The van der Waals surface area contributed by atoms with Crippen LogP contribution in [0.1, 0.15) is 24.1 Å². The van der Waals surface area contributed by atoms with E-state index in [1.165, 1.54) is 17.7 Å². The number of likely N-dealkylation sites (tertiary alicyclic amines) is 1. The van der Waals surface area contributed by atoms with Crippen molar-refractivity contribution < 1.29 is 14.2 Å². The van der Waals surface area contributed by atoms with Crippen molar-refractivity contribution in [2.24, 2.45) is 0 Å². The Kier molecular flexibility index (Phi) is 5.48. The molecule has 3 rings (SSSR count). The molecule has 0 amide bonds. The van der Waals surface area contributed by atoms with E-state index in [0.717, 1.165) is 38.2 Å². The molecule has 1 N–H and O–H groups in total. The number of aryl methyl sites for hydroxylation is 1. The first-order valence-corrected chi connectivity index (χ1v) is 8.42. The van der Waals surface area contributed by atoms with Crippen molar-refractivity contribution >= 4 is 0 Å². The molecule has 6 heteroatoms. The maximum absolute atomic E-state index is 13.2. The average Bonchev–Trinajstić information content (AvgIpc) is 2.89. The summed E-state index contributed by atoms with van der Waals surface area (Å²) >= 11 is 0. The van der Waals surface area contributed by atoms with Crippen LogP contribution in [0.2, 0.25) is 0 Å². The molecular weight excluding hydrogens is 309 g/mol. The van der Waals surface area contributed by atoms with Crippen molar-refractivity contribution in [3.63, 3.8) is 0 Å². The maximum Gasteiger partial charge on any atom is 0.126 e. The fraction of sp³-hybridized carbons (Fsp3) is 0.500. The number of hydrogen-bond donors (Lipinski definition) is 1. The largest absolute Gasteiger partial charge is 0.490 e. The van der Waals surface area contributed by atoms with Crippen LogP contribution in [0.25, 0.3) is 0 Å². The lowest BCUT2D eigenvalue weighted by molar-refractivity contribution is 0.0964. The standard InChI is InChI=1S/C18H24FN3O2/c1-14-15(13-22(20-14)9-10-23)12-21-7-5-17(6-8-21)24-18-4-2-3-16(19)11-18/h2-4,11,13,17,23H,5-10,12H2,1H3. The maximum atomic E-state index is 13.2. The summed E-state index contributed by atoms with van der Waals surface area (Å²) in [4.78, 5) is 2.39. The van der Waals surface area contributed by atoms with Gasteiger partial charge in [-0.05, 0) is 31.9 Å². The molecule has 0 unspecified atom stereocenters. The van der Waals surface area contributed by atoms with Gasteiger partial charge in [-0.1, -0.05) is 6.07 Å². The third-order valence-electron chi connectivity index (χ3n) is 4.40. The number of rotatable bonds is 6. The number of halogens is 1. The number of hydrogen-bond acceptors (Lipinski definition) is 4. The molecule has 2 aromatic rings. The Balaban J connectivity index is 1.50.